The Morgan fingerprint density at radius 1 is 1.18 bits per heavy atom. The Morgan fingerprint density at radius 2 is 1.76 bits per heavy atom. The van der Waals surface area contributed by atoms with Gasteiger partial charge in [0.1, 0.15) is 5.75 Å². The van der Waals surface area contributed by atoms with Crippen molar-refractivity contribution in [1.82, 2.24) is 0 Å². The molecule has 0 unspecified atom stereocenters. The van der Waals surface area contributed by atoms with Gasteiger partial charge in [0, 0.05) is 5.54 Å². The van der Waals surface area contributed by atoms with Gasteiger partial charge in [-0.25, -0.2) is 0 Å². The zero-order chi connectivity index (χ0) is 12.9. The summed E-state index contributed by atoms with van der Waals surface area (Å²) in [5.41, 5.74) is 8.71. The Bertz CT molecular complexity index is 354. The van der Waals surface area contributed by atoms with Crippen molar-refractivity contribution in [3.63, 3.8) is 0 Å². The third-order valence-corrected chi connectivity index (χ3v) is 3.38. The molecule has 0 aliphatic carbocycles. The van der Waals surface area contributed by atoms with Crippen molar-refractivity contribution in [2.24, 2.45) is 5.73 Å². The van der Waals surface area contributed by atoms with Crippen LogP contribution in [0.1, 0.15) is 50.7 Å². The van der Waals surface area contributed by atoms with Gasteiger partial charge in [-0.1, -0.05) is 38.8 Å². The Morgan fingerprint density at radius 3 is 2.24 bits per heavy atom. The summed E-state index contributed by atoms with van der Waals surface area (Å²) < 4.78 is 5.38. The molecular formula is C15H25NO. The summed E-state index contributed by atoms with van der Waals surface area (Å²) in [5, 5.41) is 0. The lowest BCUT2D eigenvalue weighted by atomic mass is 9.82. The van der Waals surface area contributed by atoms with Crippen molar-refractivity contribution in [3.05, 3.63) is 29.3 Å². The highest BCUT2D eigenvalue weighted by atomic mass is 16.5. The standard InChI is InChI=1S/C15H25NO/c1-5-9-15(16,10-6-2)13-8-7-12(3)14(11-13)17-4/h7-8,11H,5-6,9-10,16H2,1-4H3. The summed E-state index contributed by atoms with van der Waals surface area (Å²) >= 11 is 0. The molecule has 0 heterocycles. The molecular weight excluding hydrogens is 210 g/mol. The van der Waals surface area contributed by atoms with Crippen molar-refractivity contribution in [2.75, 3.05) is 7.11 Å². The van der Waals surface area contributed by atoms with Crippen LogP contribution in [-0.2, 0) is 5.54 Å². The first kappa shape index (κ1) is 14.0. The summed E-state index contributed by atoms with van der Waals surface area (Å²) in [6.45, 7) is 6.42. The van der Waals surface area contributed by atoms with Gasteiger partial charge in [-0.2, -0.15) is 0 Å². The molecule has 2 heteroatoms. The zero-order valence-corrected chi connectivity index (χ0v) is 11.5. The van der Waals surface area contributed by atoms with Gasteiger partial charge in [0.05, 0.1) is 7.11 Å². The lowest BCUT2D eigenvalue weighted by Gasteiger charge is -2.30. The van der Waals surface area contributed by atoms with E-state index in [1.807, 2.05) is 0 Å². The minimum Gasteiger partial charge on any atom is -0.496 e. The van der Waals surface area contributed by atoms with E-state index < -0.39 is 0 Å². The fourth-order valence-corrected chi connectivity index (χ4v) is 2.44. The van der Waals surface area contributed by atoms with E-state index in [-0.39, 0.29) is 5.54 Å². The van der Waals surface area contributed by atoms with Crippen LogP contribution in [0.25, 0.3) is 0 Å². The minimum atomic E-state index is -0.204. The largest absolute Gasteiger partial charge is 0.496 e. The Hall–Kier alpha value is -1.02. The Labute approximate surface area is 105 Å². The molecule has 0 spiro atoms. The second kappa shape index (κ2) is 6.06. The van der Waals surface area contributed by atoms with Crippen molar-refractivity contribution in [3.8, 4) is 5.75 Å². The van der Waals surface area contributed by atoms with Gasteiger partial charge in [-0.05, 0) is 37.0 Å². The first-order chi connectivity index (χ1) is 8.07. The van der Waals surface area contributed by atoms with E-state index >= 15 is 0 Å². The van der Waals surface area contributed by atoms with Crippen molar-refractivity contribution < 1.29 is 4.74 Å². The number of methoxy groups -OCH3 is 1. The molecule has 0 aliphatic heterocycles. The first-order valence-electron chi connectivity index (χ1n) is 6.51. The van der Waals surface area contributed by atoms with E-state index in [2.05, 4.69) is 39.0 Å². The molecule has 2 nitrogen and oxygen atoms in total. The normalized spacial score (nSPS) is 11.6. The lowest BCUT2D eigenvalue weighted by Crippen LogP contribution is -2.36. The lowest BCUT2D eigenvalue weighted by molar-refractivity contribution is 0.364. The number of hydrogen-bond donors (Lipinski definition) is 1. The zero-order valence-electron chi connectivity index (χ0n) is 11.5. The van der Waals surface area contributed by atoms with Gasteiger partial charge in [0.2, 0.25) is 0 Å². The first-order valence-corrected chi connectivity index (χ1v) is 6.51. The molecule has 0 atom stereocenters. The van der Waals surface area contributed by atoms with Gasteiger partial charge in [0.25, 0.3) is 0 Å². The van der Waals surface area contributed by atoms with Crippen LogP contribution in [0.5, 0.6) is 5.75 Å². The van der Waals surface area contributed by atoms with E-state index in [9.17, 15) is 0 Å². The van der Waals surface area contributed by atoms with E-state index in [0.29, 0.717) is 0 Å². The quantitative estimate of drug-likeness (QED) is 0.815. The van der Waals surface area contributed by atoms with Gasteiger partial charge in [-0.15, -0.1) is 0 Å². The summed E-state index contributed by atoms with van der Waals surface area (Å²) in [4.78, 5) is 0. The number of benzene rings is 1. The maximum Gasteiger partial charge on any atom is 0.122 e. The van der Waals surface area contributed by atoms with E-state index in [1.165, 1.54) is 5.56 Å². The molecule has 96 valence electrons. The highest BCUT2D eigenvalue weighted by Gasteiger charge is 2.25. The molecule has 1 rings (SSSR count). The van der Waals surface area contributed by atoms with Gasteiger partial charge >= 0.3 is 0 Å². The van der Waals surface area contributed by atoms with Crippen LogP contribution in [0.15, 0.2) is 18.2 Å². The molecule has 0 radical (unpaired) electrons. The smallest absolute Gasteiger partial charge is 0.122 e. The van der Waals surface area contributed by atoms with Crippen LogP contribution >= 0.6 is 0 Å². The Kier molecular flexibility index (Phi) is 5.01. The number of hydrogen-bond acceptors (Lipinski definition) is 2. The van der Waals surface area contributed by atoms with E-state index in [0.717, 1.165) is 37.0 Å². The van der Waals surface area contributed by atoms with Gasteiger partial charge in [0.15, 0.2) is 0 Å². The maximum absolute atomic E-state index is 6.56. The molecule has 0 saturated carbocycles. The highest BCUT2D eigenvalue weighted by Crippen LogP contribution is 2.32. The van der Waals surface area contributed by atoms with Crippen molar-refractivity contribution in [2.45, 2.75) is 52.0 Å². The van der Waals surface area contributed by atoms with E-state index in [4.69, 9.17) is 10.5 Å². The van der Waals surface area contributed by atoms with Crippen molar-refractivity contribution >= 4 is 0 Å². The molecule has 0 amide bonds. The van der Waals surface area contributed by atoms with Crippen LogP contribution in [0, 0.1) is 6.92 Å². The molecule has 0 saturated heterocycles. The van der Waals surface area contributed by atoms with Crippen LogP contribution < -0.4 is 10.5 Å². The molecule has 17 heavy (non-hydrogen) atoms. The predicted octanol–water partition coefficient (Wildman–Crippen LogP) is 3.76. The monoisotopic (exact) mass is 235 g/mol. The third-order valence-electron chi connectivity index (χ3n) is 3.38. The summed E-state index contributed by atoms with van der Waals surface area (Å²) in [6, 6.07) is 6.34. The Balaban J connectivity index is 3.09. The maximum atomic E-state index is 6.56. The average molecular weight is 235 g/mol. The molecule has 0 fully saturated rings. The van der Waals surface area contributed by atoms with E-state index in [1.54, 1.807) is 7.11 Å². The molecule has 0 aromatic heterocycles. The molecule has 0 aliphatic rings. The summed E-state index contributed by atoms with van der Waals surface area (Å²) in [7, 11) is 1.71. The fourth-order valence-electron chi connectivity index (χ4n) is 2.44. The number of rotatable bonds is 6. The highest BCUT2D eigenvalue weighted by molar-refractivity contribution is 5.39. The minimum absolute atomic E-state index is 0.204. The van der Waals surface area contributed by atoms with Crippen molar-refractivity contribution in [1.29, 1.82) is 0 Å². The van der Waals surface area contributed by atoms with Crippen LogP contribution in [0.2, 0.25) is 0 Å². The third kappa shape index (κ3) is 3.22. The predicted molar refractivity (Wildman–Crippen MR) is 73.4 cm³/mol. The van der Waals surface area contributed by atoms with Gasteiger partial charge < -0.3 is 10.5 Å². The molecule has 2 N–H and O–H groups in total. The van der Waals surface area contributed by atoms with Crippen LogP contribution in [0.3, 0.4) is 0 Å². The number of aryl methyl sites for hydroxylation is 1. The van der Waals surface area contributed by atoms with Crippen LogP contribution in [0.4, 0.5) is 0 Å². The second-order valence-corrected chi connectivity index (χ2v) is 4.84. The molecule has 1 aromatic rings. The molecule has 0 bridgehead atoms. The second-order valence-electron chi connectivity index (χ2n) is 4.84. The number of nitrogens with two attached hydrogens (primary N) is 1. The van der Waals surface area contributed by atoms with Crippen LogP contribution in [-0.4, -0.2) is 7.11 Å². The average Bonchev–Trinajstić information content (AvgIpc) is 2.30. The van der Waals surface area contributed by atoms with Gasteiger partial charge in [-0.3, -0.25) is 0 Å². The summed E-state index contributed by atoms with van der Waals surface area (Å²) in [6.07, 6.45) is 4.25. The summed E-state index contributed by atoms with van der Waals surface area (Å²) in [5.74, 6) is 0.935. The number of ether oxygens (including phenoxy) is 1. The SMILES string of the molecule is CCCC(N)(CCC)c1ccc(C)c(OC)c1. The fraction of sp³-hybridized carbons (Fsp3) is 0.600. The topological polar surface area (TPSA) is 35.2 Å². The molecule has 1 aromatic carbocycles.